The second-order valence-corrected chi connectivity index (χ2v) is 8.25. The van der Waals surface area contributed by atoms with Crippen molar-refractivity contribution in [2.45, 2.75) is 10.0 Å². The van der Waals surface area contributed by atoms with Gasteiger partial charge in [-0.3, -0.25) is 4.79 Å². The second kappa shape index (κ2) is 6.94. The van der Waals surface area contributed by atoms with Crippen molar-refractivity contribution in [3.8, 4) is 0 Å². The highest BCUT2D eigenvalue weighted by molar-refractivity contribution is 7.90. The van der Waals surface area contributed by atoms with Gasteiger partial charge in [-0.05, 0) is 23.3 Å². The number of halogens is 1. The summed E-state index contributed by atoms with van der Waals surface area (Å²) in [6.45, 7) is 0. The first-order chi connectivity index (χ1) is 13.0. The Hall–Kier alpha value is -2.32. The Morgan fingerprint density at radius 2 is 1.75 bits per heavy atom. The molecule has 2 N–H and O–H groups in total. The Morgan fingerprint density at radius 3 is 2.36 bits per heavy atom. The van der Waals surface area contributed by atoms with Crippen molar-refractivity contribution < 1.29 is 22.1 Å². The SMILES string of the molecule is [B]C1(c2cccc(Cl)c2)OC(N)=C(OS(=O)(=O)C([B])([B])c2ccccc2)C1=O. The topological polar surface area (TPSA) is 95.7 Å². The summed E-state index contributed by atoms with van der Waals surface area (Å²) in [6, 6.07) is 13.5. The van der Waals surface area contributed by atoms with E-state index in [9.17, 15) is 13.2 Å². The minimum Gasteiger partial charge on any atom is -0.467 e. The summed E-state index contributed by atoms with van der Waals surface area (Å²) in [5.41, 5.74) is 3.74. The number of hydrogen-bond donors (Lipinski definition) is 1. The molecule has 6 nitrogen and oxygen atoms in total. The van der Waals surface area contributed by atoms with E-state index in [0.29, 0.717) is 0 Å². The number of rotatable bonds is 5. The van der Waals surface area contributed by atoms with Gasteiger partial charge in [-0.25, -0.2) is 0 Å². The van der Waals surface area contributed by atoms with Crippen molar-refractivity contribution in [2.75, 3.05) is 0 Å². The quantitative estimate of drug-likeness (QED) is 0.582. The summed E-state index contributed by atoms with van der Waals surface area (Å²) < 4.78 is 33.0. The molecule has 11 heteroatoms. The molecule has 1 aliphatic heterocycles. The predicted molar refractivity (Wildman–Crippen MR) is 106 cm³/mol. The van der Waals surface area contributed by atoms with E-state index in [0.717, 1.165) is 0 Å². The zero-order chi connectivity index (χ0) is 20.7. The van der Waals surface area contributed by atoms with Crippen LogP contribution in [-0.4, -0.2) is 37.7 Å². The Kier molecular flexibility index (Phi) is 5.06. The highest BCUT2D eigenvalue weighted by Gasteiger charge is 2.50. The Bertz CT molecular complexity index is 1080. The Balaban J connectivity index is 1.94. The first-order valence-electron chi connectivity index (χ1n) is 7.85. The molecular formula is C17H11B3ClNO5S. The fourth-order valence-corrected chi connectivity index (χ4v) is 3.69. The number of ketones is 1. The maximum absolute atomic E-state index is 12.8. The third-order valence-electron chi connectivity index (χ3n) is 4.12. The van der Waals surface area contributed by atoms with Gasteiger partial charge in [0.15, 0.2) is 5.50 Å². The van der Waals surface area contributed by atoms with Gasteiger partial charge in [-0.15, -0.1) is 0 Å². The average molecular weight is 409 g/mol. The standard InChI is InChI=1S/C17H11B3ClNO5S/c18-16(11-7-4-8-12(21)9-11)14(23)13(15(22)26-16)27-28(24,25)17(19,20)10-5-2-1-3-6-10/h1-9H,22H2. The molecule has 1 aliphatic rings. The number of ether oxygens (including phenoxy) is 1. The van der Waals surface area contributed by atoms with Crippen LogP contribution >= 0.6 is 11.6 Å². The fraction of sp³-hybridized carbons (Fsp3) is 0.118. The highest BCUT2D eigenvalue weighted by Crippen LogP contribution is 2.38. The summed E-state index contributed by atoms with van der Waals surface area (Å²) >= 11 is 5.91. The van der Waals surface area contributed by atoms with Crippen molar-refractivity contribution in [2.24, 2.45) is 5.73 Å². The highest BCUT2D eigenvalue weighted by atomic mass is 35.5. The molecule has 3 rings (SSSR count). The molecular weight excluding hydrogens is 398 g/mol. The first kappa shape index (κ1) is 20.4. The normalized spacial score (nSPS) is 20.1. The van der Waals surface area contributed by atoms with Crippen molar-refractivity contribution >= 4 is 51.0 Å². The van der Waals surface area contributed by atoms with E-state index in [1.54, 1.807) is 24.3 Å². The molecule has 1 heterocycles. The molecule has 6 radical (unpaired) electrons. The fourth-order valence-electron chi connectivity index (χ4n) is 2.56. The van der Waals surface area contributed by atoms with Gasteiger partial charge in [0.05, 0.1) is 20.2 Å². The number of Topliss-reactive ketones (excluding diaryl/α,β-unsaturated/α-hetero) is 1. The number of nitrogens with two attached hydrogens (primary N) is 1. The monoisotopic (exact) mass is 409 g/mol. The van der Waals surface area contributed by atoms with Crippen LogP contribution in [0.25, 0.3) is 0 Å². The molecule has 1 unspecified atom stereocenters. The molecule has 0 aromatic heterocycles. The zero-order valence-corrected chi connectivity index (χ0v) is 15.9. The lowest BCUT2D eigenvalue weighted by Gasteiger charge is -2.26. The van der Waals surface area contributed by atoms with E-state index < -0.39 is 37.6 Å². The third kappa shape index (κ3) is 3.31. The van der Waals surface area contributed by atoms with Crippen LogP contribution in [0.5, 0.6) is 0 Å². The lowest BCUT2D eigenvalue weighted by molar-refractivity contribution is -0.126. The van der Waals surface area contributed by atoms with Gasteiger partial charge < -0.3 is 14.7 Å². The molecule has 0 saturated heterocycles. The second-order valence-electron chi connectivity index (χ2n) is 6.07. The van der Waals surface area contributed by atoms with Crippen LogP contribution in [-0.2, 0) is 33.9 Å². The molecule has 0 aliphatic carbocycles. The lowest BCUT2D eigenvalue weighted by atomic mass is 9.65. The van der Waals surface area contributed by atoms with E-state index in [-0.39, 0.29) is 16.1 Å². The van der Waals surface area contributed by atoms with Crippen LogP contribution in [0.3, 0.4) is 0 Å². The molecule has 0 amide bonds. The van der Waals surface area contributed by atoms with Crippen molar-refractivity contribution in [3.63, 3.8) is 0 Å². The molecule has 2 aromatic rings. The molecule has 0 fully saturated rings. The summed E-state index contributed by atoms with van der Waals surface area (Å²) in [7, 11) is 12.8. The summed E-state index contributed by atoms with van der Waals surface area (Å²) in [6.07, 6.45) is 0. The van der Waals surface area contributed by atoms with E-state index in [4.69, 9.17) is 49.8 Å². The van der Waals surface area contributed by atoms with E-state index in [2.05, 4.69) is 0 Å². The van der Waals surface area contributed by atoms with Crippen LogP contribution in [0.4, 0.5) is 0 Å². The summed E-state index contributed by atoms with van der Waals surface area (Å²) in [5, 5.41) is 0.284. The van der Waals surface area contributed by atoms with Gasteiger partial charge >= 0.3 is 10.1 Å². The maximum Gasteiger partial charge on any atom is 0.302 e. The maximum atomic E-state index is 12.8. The van der Waals surface area contributed by atoms with Crippen LogP contribution < -0.4 is 5.73 Å². The molecule has 0 spiro atoms. The van der Waals surface area contributed by atoms with Gasteiger partial charge in [0.2, 0.25) is 17.4 Å². The molecule has 28 heavy (non-hydrogen) atoms. The summed E-state index contributed by atoms with van der Waals surface area (Å²) in [5.74, 6) is -2.47. The number of benzene rings is 2. The Labute approximate surface area is 171 Å². The van der Waals surface area contributed by atoms with Gasteiger partial charge in [-0.2, -0.15) is 8.42 Å². The van der Waals surface area contributed by atoms with Crippen LogP contribution in [0, 0.1) is 0 Å². The number of carbonyl (C=O) groups excluding carboxylic acids is 1. The number of hydrogen-bond acceptors (Lipinski definition) is 6. The molecule has 2 aromatic carbocycles. The van der Waals surface area contributed by atoms with E-state index in [1.165, 1.54) is 30.3 Å². The van der Waals surface area contributed by atoms with Crippen molar-refractivity contribution in [3.05, 3.63) is 82.4 Å². The number of carbonyl (C=O) groups is 1. The predicted octanol–water partition coefficient (Wildman–Crippen LogP) is 0.882. The smallest absolute Gasteiger partial charge is 0.302 e. The van der Waals surface area contributed by atoms with Crippen molar-refractivity contribution in [1.82, 2.24) is 0 Å². The minimum atomic E-state index is -4.77. The van der Waals surface area contributed by atoms with Gasteiger partial charge in [-0.1, -0.05) is 54.1 Å². The van der Waals surface area contributed by atoms with Gasteiger partial charge in [0.1, 0.15) is 7.85 Å². The third-order valence-corrected chi connectivity index (χ3v) is 5.81. The molecule has 0 saturated carbocycles. The molecule has 0 bridgehead atoms. The van der Waals surface area contributed by atoms with Crippen LogP contribution in [0.2, 0.25) is 5.02 Å². The van der Waals surface area contributed by atoms with E-state index in [1.807, 2.05) is 0 Å². The van der Waals surface area contributed by atoms with E-state index >= 15 is 0 Å². The summed E-state index contributed by atoms with van der Waals surface area (Å²) in [4.78, 5) is 12.8. The van der Waals surface area contributed by atoms with Crippen LogP contribution in [0.1, 0.15) is 11.1 Å². The molecule has 136 valence electrons. The minimum absolute atomic E-state index is 0.0365. The Morgan fingerprint density at radius 1 is 1.11 bits per heavy atom. The van der Waals surface area contributed by atoms with Crippen LogP contribution in [0.15, 0.2) is 66.2 Å². The first-order valence-corrected chi connectivity index (χ1v) is 9.63. The zero-order valence-electron chi connectivity index (χ0n) is 14.3. The largest absolute Gasteiger partial charge is 0.467 e. The van der Waals surface area contributed by atoms with Crippen molar-refractivity contribution in [1.29, 1.82) is 0 Å². The molecule has 1 atom stereocenters. The van der Waals surface area contributed by atoms with Gasteiger partial charge in [0, 0.05) is 5.02 Å². The average Bonchev–Trinajstić information content (AvgIpc) is 2.86. The lowest BCUT2D eigenvalue weighted by Crippen LogP contribution is -2.40. The van der Waals surface area contributed by atoms with Gasteiger partial charge in [0.25, 0.3) is 0 Å².